The van der Waals surface area contributed by atoms with Gasteiger partial charge in [0.25, 0.3) is 5.91 Å². The third-order valence-electron chi connectivity index (χ3n) is 2.18. The summed E-state index contributed by atoms with van der Waals surface area (Å²) in [6, 6.07) is 7.33. The Kier molecular flexibility index (Phi) is 5.56. The highest BCUT2D eigenvalue weighted by Crippen LogP contribution is 2.15. The van der Waals surface area contributed by atoms with Crippen molar-refractivity contribution < 1.29 is 14.7 Å². The molecule has 0 saturated carbocycles. The molecular formula is C12H15NO3S. The number of carbonyl (C=O) groups is 2. The largest absolute Gasteiger partial charge is 0.481 e. The lowest BCUT2D eigenvalue weighted by molar-refractivity contribution is -0.137. The first-order valence-corrected chi connectivity index (χ1v) is 6.50. The lowest BCUT2D eigenvalue weighted by Gasteiger charge is -2.05. The molecule has 0 bridgehead atoms. The number of thioether (sulfide) groups is 1. The van der Waals surface area contributed by atoms with Gasteiger partial charge < -0.3 is 10.4 Å². The fourth-order valence-electron chi connectivity index (χ4n) is 1.31. The Morgan fingerprint density at radius 3 is 2.82 bits per heavy atom. The lowest BCUT2D eigenvalue weighted by Crippen LogP contribution is -2.24. The van der Waals surface area contributed by atoms with Crippen molar-refractivity contribution in [2.24, 2.45) is 0 Å². The zero-order valence-corrected chi connectivity index (χ0v) is 10.4. The molecule has 92 valence electrons. The maximum absolute atomic E-state index is 11.7. The molecule has 1 aromatic rings. The fourth-order valence-corrected chi connectivity index (χ4v) is 1.77. The minimum absolute atomic E-state index is 0.0745. The molecule has 1 aromatic carbocycles. The van der Waals surface area contributed by atoms with E-state index in [2.05, 4.69) is 5.32 Å². The van der Waals surface area contributed by atoms with Crippen LogP contribution in [0.4, 0.5) is 0 Å². The molecule has 4 nitrogen and oxygen atoms in total. The van der Waals surface area contributed by atoms with Gasteiger partial charge in [-0.3, -0.25) is 9.59 Å². The van der Waals surface area contributed by atoms with Gasteiger partial charge in [0.2, 0.25) is 0 Å². The number of carboxylic acids is 1. The average Bonchev–Trinajstić information content (AvgIpc) is 2.34. The summed E-state index contributed by atoms with van der Waals surface area (Å²) in [5, 5.41) is 11.1. The van der Waals surface area contributed by atoms with Gasteiger partial charge in [0.05, 0.1) is 0 Å². The van der Waals surface area contributed by atoms with Gasteiger partial charge in [0.15, 0.2) is 0 Å². The molecule has 0 saturated heterocycles. The number of nitrogens with one attached hydrogen (secondary N) is 1. The number of benzene rings is 1. The van der Waals surface area contributed by atoms with E-state index < -0.39 is 5.97 Å². The smallest absolute Gasteiger partial charge is 0.303 e. The average molecular weight is 253 g/mol. The van der Waals surface area contributed by atoms with E-state index in [1.54, 1.807) is 17.8 Å². The predicted molar refractivity (Wildman–Crippen MR) is 67.4 cm³/mol. The Morgan fingerprint density at radius 1 is 1.41 bits per heavy atom. The van der Waals surface area contributed by atoms with Crippen molar-refractivity contribution in [3.05, 3.63) is 29.8 Å². The predicted octanol–water partition coefficient (Wildman–Crippen LogP) is 2.00. The maximum Gasteiger partial charge on any atom is 0.303 e. The Morgan fingerprint density at radius 2 is 2.18 bits per heavy atom. The van der Waals surface area contributed by atoms with Crippen molar-refractivity contribution in [3.63, 3.8) is 0 Å². The van der Waals surface area contributed by atoms with Gasteiger partial charge in [0, 0.05) is 23.4 Å². The van der Waals surface area contributed by atoms with Gasteiger partial charge in [-0.2, -0.15) is 0 Å². The van der Waals surface area contributed by atoms with E-state index in [0.717, 1.165) is 4.90 Å². The number of amides is 1. The van der Waals surface area contributed by atoms with E-state index in [0.29, 0.717) is 18.5 Å². The number of aliphatic carboxylic acids is 1. The second-order valence-electron chi connectivity index (χ2n) is 3.49. The van der Waals surface area contributed by atoms with Crippen LogP contribution in [0.15, 0.2) is 29.2 Å². The topological polar surface area (TPSA) is 66.4 Å². The molecule has 0 spiro atoms. The molecule has 5 heteroatoms. The van der Waals surface area contributed by atoms with Crippen LogP contribution in [0.2, 0.25) is 0 Å². The van der Waals surface area contributed by atoms with Crippen molar-refractivity contribution in [1.82, 2.24) is 5.32 Å². The molecule has 1 rings (SSSR count). The highest BCUT2D eigenvalue weighted by Gasteiger charge is 2.05. The standard InChI is InChI=1S/C12H15NO3S/c1-17-10-5-2-4-9(8-10)12(16)13-7-3-6-11(14)15/h2,4-5,8H,3,6-7H2,1H3,(H,13,16)(H,14,15). The number of carbonyl (C=O) groups excluding carboxylic acids is 1. The second kappa shape index (κ2) is 6.96. The third kappa shape index (κ3) is 4.91. The SMILES string of the molecule is CSc1cccc(C(=O)NCCCC(=O)O)c1. The second-order valence-corrected chi connectivity index (χ2v) is 4.36. The van der Waals surface area contributed by atoms with E-state index >= 15 is 0 Å². The van der Waals surface area contributed by atoms with Gasteiger partial charge in [-0.1, -0.05) is 6.07 Å². The van der Waals surface area contributed by atoms with E-state index in [4.69, 9.17) is 5.11 Å². The highest BCUT2D eigenvalue weighted by atomic mass is 32.2. The number of hydrogen-bond donors (Lipinski definition) is 2. The summed E-state index contributed by atoms with van der Waals surface area (Å²) in [6.07, 6.45) is 2.47. The van der Waals surface area contributed by atoms with Crippen LogP contribution in [0.1, 0.15) is 23.2 Å². The molecule has 0 aliphatic heterocycles. The maximum atomic E-state index is 11.7. The Bertz CT molecular complexity index is 406. The Balaban J connectivity index is 2.43. The highest BCUT2D eigenvalue weighted by molar-refractivity contribution is 7.98. The molecule has 17 heavy (non-hydrogen) atoms. The van der Waals surface area contributed by atoms with Crippen LogP contribution in [0.3, 0.4) is 0 Å². The summed E-state index contributed by atoms with van der Waals surface area (Å²) in [6.45, 7) is 0.384. The fraction of sp³-hybridized carbons (Fsp3) is 0.333. The molecule has 0 fully saturated rings. The van der Waals surface area contributed by atoms with Gasteiger partial charge >= 0.3 is 5.97 Å². The van der Waals surface area contributed by atoms with Crippen LogP contribution in [-0.4, -0.2) is 29.8 Å². The quantitative estimate of drug-likeness (QED) is 0.601. The van der Waals surface area contributed by atoms with E-state index in [-0.39, 0.29) is 12.3 Å². The molecule has 0 aliphatic carbocycles. The molecule has 0 radical (unpaired) electrons. The number of rotatable bonds is 6. The van der Waals surface area contributed by atoms with Gasteiger partial charge in [-0.05, 0) is 30.9 Å². The third-order valence-corrected chi connectivity index (χ3v) is 2.91. The molecule has 1 amide bonds. The first-order valence-electron chi connectivity index (χ1n) is 5.27. The first-order chi connectivity index (χ1) is 8.13. The number of carboxylic acid groups (broad SMARTS) is 1. The summed E-state index contributed by atoms with van der Waals surface area (Å²) in [5.74, 6) is -1.00. The van der Waals surface area contributed by atoms with Crippen molar-refractivity contribution in [3.8, 4) is 0 Å². The molecule has 0 atom stereocenters. The molecule has 0 aliphatic rings. The van der Waals surface area contributed by atoms with Crippen LogP contribution in [-0.2, 0) is 4.79 Å². The van der Waals surface area contributed by atoms with Gasteiger partial charge in [-0.15, -0.1) is 11.8 Å². The van der Waals surface area contributed by atoms with Crippen LogP contribution in [0.25, 0.3) is 0 Å². The molecule has 0 aromatic heterocycles. The molecule has 0 unspecified atom stereocenters. The first kappa shape index (κ1) is 13.6. The lowest BCUT2D eigenvalue weighted by atomic mass is 10.2. The number of hydrogen-bond acceptors (Lipinski definition) is 3. The molecule has 0 heterocycles. The van der Waals surface area contributed by atoms with Crippen molar-refractivity contribution in [2.75, 3.05) is 12.8 Å². The van der Waals surface area contributed by atoms with Crippen molar-refractivity contribution in [2.45, 2.75) is 17.7 Å². The van der Waals surface area contributed by atoms with Crippen LogP contribution < -0.4 is 5.32 Å². The van der Waals surface area contributed by atoms with Crippen LogP contribution in [0.5, 0.6) is 0 Å². The summed E-state index contributed by atoms with van der Waals surface area (Å²) in [5.41, 5.74) is 0.604. The Labute approximate surface area is 104 Å². The van der Waals surface area contributed by atoms with Gasteiger partial charge in [-0.25, -0.2) is 0 Å². The van der Waals surface area contributed by atoms with Crippen molar-refractivity contribution in [1.29, 1.82) is 0 Å². The summed E-state index contributed by atoms with van der Waals surface area (Å²) in [4.78, 5) is 23.0. The van der Waals surface area contributed by atoms with Crippen LogP contribution in [0, 0.1) is 0 Å². The molecular weight excluding hydrogens is 238 g/mol. The summed E-state index contributed by atoms with van der Waals surface area (Å²) >= 11 is 1.57. The van der Waals surface area contributed by atoms with Crippen LogP contribution >= 0.6 is 11.8 Å². The summed E-state index contributed by atoms with van der Waals surface area (Å²) < 4.78 is 0. The van der Waals surface area contributed by atoms with E-state index in [1.807, 2.05) is 24.5 Å². The van der Waals surface area contributed by atoms with Gasteiger partial charge in [0.1, 0.15) is 0 Å². The molecule has 2 N–H and O–H groups in total. The summed E-state index contributed by atoms with van der Waals surface area (Å²) in [7, 11) is 0. The minimum Gasteiger partial charge on any atom is -0.481 e. The minimum atomic E-state index is -0.844. The Hall–Kier alpha value is -1.49. The van der Waals surface area contributed by atoms with E-state index in [1.165, 1.54) is 0 Å². The van der Waals surface area contributed by atoms with Crippen molar-refractivity contribution >= 4 is 23.6 Å². The zero-order chi connectivity index (χ0) is 12.7. The zero-order valence-electron chi connectivity index (χ0n) is 9.60. The van der Waals surface area contributed by atoms with E-state index in [9.17, 15) is 9.59 Å². The normalized spacial score (nSPS) is 9.94. The monoisotopic (exact) mass is 253 g/mol.